The zero-order valence-electron chi connectivity index (χ0n) is 13.3. The molecule has 0 heterocycles. The smallest absolute Gasteiger partial charge is 0.0372 e. The van der Waals surface area contributed by atoms with Gasteiger partial charge in [-0.2, -0.15) is 0 Å². The summed E-state index contributed by atoms with van der Waals surface area (Å²) in [5.74, 6) is 0.875. The second kappa shape index (κ2) is 6.51. The number of anilines is 1. The first kappa shape index (κ1) is 15.9. The van der Waals surface area contributed by atoms with Crippen LogP contribution in [-0.2, 0) is 0 Å². The lowest BCUT2D eigenvalue weighted by Crippen LogP contribution is -2.21. The minimum Gasteiger partial charge on any atom is -0.382 e. The van der Waals surface area contributed by atoms with Gasteiger partial charge in [-0.15, -0.1) is 0 Å². The third kappa shape index (κ3) is 4.25. The summed E-state index contributed by atoms with van der Waals surface area (Å²) in [6.07, 6.45) is 6.71. The second-order valence-electron chi connectivity index (χ2n) is 7.37. The number of aryl methyl sites for hydroxylation is 1. The van der Waals surface area contributed by atoms with Gasteiger partial charge in [0.2, 0.25) is 0 Å². The Hall–Kier alpha value is -0.500. The topological polar surface area (TPSA) is 12.0 Å². The highest BCUT2D eigenvalue weighted by molar-refractivity contribution is 9.10. The second-order valence-corrected chi connectivity index (χ2v) is 8.29. The Bertz CT molecular complexity index is 447. The number of hydrogen-bond acceptors (Lipinski definition) is 1. The summed E-state index contributed by atoms with van der Waals surface area (Å²) in [7, 11) is 0. The van der Waals surface area contributed by atoms with Crippen molar-refractivity contribution >= 4 is 21.6 Å². The van der Waals surface area contributed by atoms with Crippen molar-refractivity contribution in [3.05, 3.63) is 28.2 Å². The van der Waals surface area contributed by atoms with Crippen LogP contribution in [0.15, 0.2) is 22.7 Å². The highest BCUT2D eigenvalue weighted by Crippen LogP contribution is 2.37. The van der Waals surface area contributed by atoms with E-state index in [0.717, 1.165) is 10.4 Å². The van der Waals surface area contributed by atoms with Crippen LogP contribution < -0.4 is 5.32 Å². The largest absolute Gasteiger partial charge is 0.382 e. The first-order chi connectivity index (χ1) is 9.36. The van der Waals surface area contributed by atoms with Crippen molar-refractivity contribution in [2.75, 3.05) is 5.32 Å². The molecule has 1 fully saturated rings. The van der Waals surface area contributed by atoms with E-state index in [1.807, 2.05) is 0 Å². The lowest BCUT2D eigenvalue weighted by Gasteiger charge is -2.29. The fourth-order valence-corrected chi connectivity index (χ4v) is 3.80. The van der Waals surface area contributed by atoms with Crippen LogP contribution in [0, 0.1) is 18.3 Å². The molecule has 0 saturated heterocycles. The Balaban J connectivity index is 1.97. The maximum Gasteiger partial charge on any atom is 0.0372 e. The summed E-state index contributed by atoms with van der Waals surface area (Å²) in [5.41, 5.74) is 3.09. The first-order valence-electron chi connectivity index (χ1n) is 7.89. The number of rotatable bonds is 2. The summed E-state index contributed by atoms with van der Waals surface area (Å²) < 4.78 is 1.16. The van der Waals surface area contributed by atoms with E-state index in [1.54, 1.807) is 0 Å². The molecule has 2 rings (SSSR count). The summed E-state index contributed by atoms with van der Waals surface area (Å²) >= 11 is 3.54. The molecule has 0 radical (unpaired) electrons. The highest BCUT2D eigenvalue weighted by atomic mass is 79.9. The van der Waals surface area contributed by atoms with Crippen LogP contribution in [-0.4, -0.2) is 6.04 Å². The molecule has 20 heavy (non-hydrogen) atoms. The minimum atomic E-state index is 0.461. The van der Waals surface area contributed by atoms with E-state index in [0.29, 0.717) is 11.5 Å². The molecular formula is C18H28BrN. The van der Waals surface area contributed by atoms with Gasteiger partial charge in [0, 0.05) is 16.2 Å². The zero-order chi connectivity index (χ0) is 14.8. The van der Waals surface area contributed by atoms with Gasteiger partial charge in [0.25, 0.3) is 0 Å². The van der Waals surface area contributed by atoms with Gasteiger partial charge in [-0.25, -0.2) is 0 Å². The Labute approximate surface area is 132 Å². The minimum absolute atomic E-state index is 0.461. The predicted molar refractivity (Wildman–Crippen MR) is 92.3 cm³/mol. The van der Waals surface area contributed by atoms with Gasteiger partial charge in [0.05, 0.1) is 0 Å². The quantitative estimate of drug-likeness (QED) is 0.636. The van der Waals surface area contributed by atoms with Gasteiger partial charge >= 0.3 is 0 Å². The molecule has 1 nitrogen and oxygen atoms in total. The maximum absolute atomic E-state index is 3.77. The van der Waals surface area contributed by atoms with E-state index in [2.05, 4.69) is 67.1 Å². The fourth-order valence-electron chi connectivity index (χ4n) is 3.32. The molecule has 0 amide bonds. The van der Waals surface area contributed by atoms with Crippen molar-refractivity contribution < 1.29 is 0 Å². The third-order valence-corrected chi connectivity index (χ3v) is 5.23. The van der Waals surface area contributed by atoms with E-state index in [9.17, 15) is 0 Å². The molecule has 1 saturated carbocycles. The van der Waals surface area contributed by atoms with E-state index >= 15 is 0 Å². The monoisotopic (exact) mass is 337 g/mol. The Morgan fingerprint density at radius 1 is 1.10 bits per heavy atom. The first-order valence-corrected chi connectivity index (χ1v) is 8.68. The van der Waals surface area contributed by atoms with Crippen LogP contribution in [0.4, 0.5) is 5.69 Å². The van der Waals surface area contributed by atoms with Crippen LogP contribution in [0.3, 0.4) is 0 Å². The molecule has 1 N–H and O–H groups in total. The van der Waals surface area contributed by atoms with Crippen molar-refractivity contribution in [1.29, 1.82) is 0 Å². The summed E-state index contributed by atoms with van der Waals surface area (Å²) in [6, 6.07) is 7.16. The Morgan fingerprint density at radius 2 is 1.85 bits per heavy atom. The van der Waals surface area contributed by atoms with Crippen molar-refractivity contribution in [3.8, 4) is 0 Å². The molecule has 0 aliphatic heterocycles. The van der Waals surface area contributed by atoms with Crippen molar-refractivity contribution in [2.24, 2.45) is 11.3 Å². The summed E-state index contributed by atoms with van der Waals surface area (Å²) in [4.78, 5) is 0. The van der Waals surface area contributed by atoms with E-state index < -0.39 is 0 Å². The lowest BCUT2D eigenvalue weighted by molar-refractivity contribution is 0.214. The molecule has 0 bridgehead atoms. The summed E-state index contributed by atoms with van der Waals surface area (Å²) in [6.45, 7) is 9.36. The molecule has 1 aromatic carbocycles. The van der Waals surface area contributed by atoms with Gasteiger partial charge in [-0.1, -0.05) is 43.1 Å². The predicted octanol–water partition coefficient (Wildman–Crippen LogP) is 6.16. The van der Waals surface area contributed by atoms with Crippen LogP contribution in [0.1, 0.15) is 58.4 Å². The van der Waals surface area contributed by atoms with Gasteiger partial charge < -0.3 is 5.32 Å². The van der Waals surface area contributed by atoms with Gasteiger partial charge in [-0.05, 0) is 67.7 Å². The zero-order valence-corrected chi connectivity index (χ0v) is 14.9. The van der Waals surface area contributed by atoms with E-state index in [-0.39, 0.29) is 0 Å². The van der Waals surface area contributed by atoms with Crippen LogP contribution >= 0.6 is 15.9 Å². The summed E-state index contributed by atoms with van der Waals surface area (Å²) in [5, 5.41) is 3.77. The fraction of sp³-hybridized carbons (Fsp3) is 0.667. The number of benzene rings is 1. The van der Waals surface area contributed by atoms with Gasteiger partial charge in [-0.3, -0.25) is 0 Å². The molecule has 2 atom stereocenters. The Kier molecular flexibility index (Phi) is 5.17. The molecule has 112 valence electrons. The van der Waals surface area contributed by atoms with Crippen molar-refractivity contribution in [3.63, 3.8) is 0 Å². The molecule has 2 unspecified atom stereocenters. The van der Waals surface area contributed by atoms with Gasteiger partial charge in [0.15, 0.2) is 0 Å². The van der Waals surface area contributed by atoms with E-state index in [4.69, 9.17) is 0 Å². The molecule has 0 aromatic heterocycles. The molecule has 1 aliphatic carbocycles. The maximum atomic E-state index is 3.77. The van der Waals surface area contributed by atoms with Crippen LogP contribution in [0.5, 0.6) is 0 Å². The average molecular weight is 338 g/mol. The molecule has 1 aromatic rings. The number of nitrogens with one attached hydrogen (secondary N) is 1. The van der Waals surface area contributed by atoms with Crippen molar-refractivity contribution in [1.82, 2.24) is 0 Å². The number of hydrogen-bond donors (Lipinski definition) is 1. The average Bonchev–Trinajstić information content (AvgIpc) is 2.58. The molecule has 0 spiro atoms. The van der Waals surface area contributed by atoms with Gasteiger partial charge in [0.1, 0.15) is 0 Å². The normalized spacial score (nSPS) is 24.2. The SMILES string of the molecule is Cc1cc(Br)ccc1NC1CCCC(C(C)(C)C)CC1. The van der Waals surface area contributed by atoms with E-state index in [1.165, 1.54) is 43.4 Å². The standard InChI is InChI=1S/C18H28BrN/c1-13-12-15(19)9-11-17(13)20-16-7-5-6-14(8-10-16)18(2,3)4/h9,11-12,14,16,20H,5-8,10H2,1-4H3. The molecular weight excluding hydrogens is 310 g/mol. The number of halogens is 1. The molecule has 1 aliphatic rings. The third-order valence-electron chi connectivity index (χ3n) is 4.74. The van der Waals surface area contributed by atoms with Crippen LogP contribution in [0.2, 0.25) is 0 Å². The molecule has 2 heteroatoms. The lowest BCUT2D eigenvalue weighted by atomic mass is 9.76. The highest BCUT2D eigenvalue weighted by Gasteiger charge is 2.27. The van der Waals surface area contributed by atoms with Crippen molar-refractivity contribution in [2.45, 2.75) is 65.8 Å². The Morgan fingerprint density at radius 3 is 2.50 bits per heavy atom. The van der Waals surface area contributed by atoms with Crippen LogP contribution in [0.25, 0.3) is 0 Å².